The molecule has 0 fully saturated rings. The molecule has 2 heterocycles. The Bertz CT molecular complexity index is 944. The molecular weight excluding hydrogens is 336 g/mol. The summed E-state index contributed by atoms with van der Waals surface area (Å²) < 4.78 is 0. The minimum absolute atomic E-state index is 0.305. The highest BCUT2D eigenvalue weighted by molar-refractivity contribution is 7.10. The van der Waals surface area contributed by atoms with E-state index in [1.54, 1.807) is 0 Å². The van der Waals surface area contributed by atoms with E-state index in [2.05, 4.69) is 78.0 Å². The predicted octanol–water partition coefficient (Wildman–Crippen LogP) is 5.97. The molecule has 0 saturated carbocycles. The fourth-order valence-electron chi connectivity index (χ4n) is 4.36. The number of benzene rings is 2. The van der Waals surface area contributed by atoms with E-state index in [4.69, 9.17) is 5.10 Å². The van der Waals surface area contributed by atoms with Crippen molar-refractivity contribution in [3.8, 4) is 0 Å². The summed E-state index contributed by atoms with van der Waals surface area (Å²) in [5.41, 5.74) is 6.60. The fraction of sp³-hybridized carbons (Fsp3) is 0.261. The van der Waals surface area contributed by atoms with E-state index in [-0.39, 0.29) is 0 Å². The van der Waals surface area contributed by atoms with Crippen molar-refractivity contribution >= 4 is 22.7 Å². The van der Waals surface area contributed by atoms with Crippen LogP contribution in [-0.4, -0.2) is 5.71 Å². The van der Waals surface area contributed by atoms with Crippen LogP contribution in [0, 0.1) is 12.8 Å². The zero-order valence-corrected chi connectivity index (χ0v) is 15.7. The largest absolute Gasteiger partial charge is 0.256 e. The minimum Gasteiger partial charge on any atom is -0.256 e. The maximum Gasteiger partial charge on any atom is 0.0951 e. The molecule has 0 bridgehead atoms. The number of nitrogens with zero attached hydrogens (tertiary/aromatic N) is 2. The molecule has 1 aliphatic heterocycles. The number of thiophene rings is 1. The van der Waals surface area contributed by atoms with Crippen molar-refractivity contribution in [2.24, 2.45) is 11.0 Å². The third-order valence-corrected chi connectivity index (χ3v) is 6.51. The van der Waals surface area contributed by atoms with Gasteiger partial charge in [-0.1, -0.05) is 42.0 Å². The number of hydrogen-bond acceptors (Lipinski definition) is 3. The average Bonchev–Trinajstić information content (AvgIpc) is 3.28. The molecule has 0 radical (unpaired) electrons. The van der Waals surface area contributed by atoms with Gasteiger partial charge in [0.2, 0.25) is 0 Å². The minimum atomic E-state index is 0.305. The van der Waals surface area contributed by atoms with E-state index < -0.39 is 0 Å². The average molecular weight is 359 g/mol. The van der Waals surface area contributed by atoms with Gasteiger partial charge in [-0.3, -0.25) is 5.01 Å². The van der Waals surface area contributed by atoms with Crippen LogP contribution in [0.2, 0.25) is 0 Å². The van der Waals surface area contributed by atoms with Crippen LogP contribution in [0.15, 0.2) is 71.1 Å². The second-order valence-corrected chi connectivity index (χ2v) is 8.26. The Labute approximate surface area is 158 Å². The normalized spacial score (nSPS) is 21.7. The van der Waals surface area contributed by atoms with Crippen molar-refractivity contribution in [3.63, 3.8) is 0 Å². The lowest BCUT2D eigenvalue weighted by Crippen LogP contribution is -2.24. The van der Waals surface area contributed by atoms with Gasteiger partial charge in [-0.15, -0.1) is 11.3 Å². The molecule has 2 aromatic carbocycles. The van der Waals surface area contributed by atoms with E-state index in [0.717, 1.165) is 6.42 Å². The van der Waals surface area contributed by atoms with Gasteiger partial charge in [0, 0.05) is 16.4 Å². The number of rotatable bonds is 2. The molecule has 0 spiro atoms. The van der Waals surface area contributed by atoms with Crippen molar-refractivity contribution in [1.82, 2.24) is 0 Å². The van der Waals surface area contributed by atoms with Gasteiger partial charge in [0.15, 0.2) is 0 Å². The van der Waals surface area contributed by atoms with Crippen LogP contribution in [0.3, 0.4) is 0 Å². The lowest BCUT2D eigenvalue weighted by Gasteiger charge is -2.27. The Morgan fingerprint density at radius 1 is 1.04 bits per heavy atom. The van der Waals surface area contributed by atoms with E-state index >= 15 is 0 Å². The molecule has 5 rings (SSSR count). The van der Waals surface area contributed by atoms with Crippen molar-refractivity contribution in [3.05, 3.63) is 87.6 Å². The number of anilines is 1. The number of fused-ring (bicyclic) bond motifs is 3. The van der Waals surface area contributed by atoms with E-state index in [1.165, 1.54) is 45.8 Å². The summed E-state index contributed by atoms with van der Waals surface area (Å²) in [5, 5.41) is 9.67. The number of aryl methyl sites for hydroxylation is 2. The molecule has 2 atom stereocenters. The molecule has 2 nitrogen and oxygen atoms in total. The SMILES string of the molecule is Cc1ccc2c(c1)C1=NN(c3ccccc3)[C@H](c3cccs3)[C@@H]1CCC2. The third kappa shape index (κ3) is 2.58. The van der Waals surface area contributed by atoms with Crippen LogP contribution in [0.25, 0.3) is 0 Å². The Morgan fingerprint density at radius 2 is 1.92 bits per heavy atom. The fourth-order valence-corrected chi connectivity index (χ4v) is 5.23. The Hall–Kier alpha value is -2.39. The topological polar surface area (TPSA) is 15.6 Å². The van der Waals surface area contributed by atoms with Crippen LogP contribution in [0.1, 0.15) is 40.5 Å². The van der Waals surface area contributed by atoms with Gasteiger partial charge in [0.25, 0.3) is 0 Å². The molecular formula is C23H22N2S. The highest BCUT2D eigenvalue weighted by Crippen LogP contribution is 2.45. The summed E-state index contributed by atoms with van der Waals surface area (Å²) in [5.74, 6) is 0.455. The lowest BCUT2D eigenvalue weighted by molar-refractivity contribution is 0.511. The zero-order valence-electron chi connectivity index (χ0n) is 14.9. The zero-order chi connectivity index (χ0) is 17.5. The second kappa shape index (κ2) is 6.40. The van der Waals surface area contributed by atoms with Gasteiger partial charge in [-0.2, -0.15) is 5.10 Å². The van der Waals surface area contributed by atoms with Gasteiger partial charge in [-0.05, 0) is 61.4 Å². The first-order valence-corrected chi connectivity index (χ1v) is 10.3. The van der Waals surface area contributed by atoms with Gasteiger partial charge in [0.1, 0.15) is 0 Å². The number of hydrogen-bond donors (Lipinski definition) is 0. The molecule has 3 aromatic rings. The Balaban J connectivity index is 1.68. The summed E-state index contributed by atoms with van der Waals surface area (Å²) in [4.78, 5) is 1.41. The molecule has 0 unspecified atom stereocenters. The quantitative estimate of drug-likeness (QED) is 0.550. The summed E-state index contributed by atoms with van der Waals surface area (Å²) >= 11 is 1.85. The molecule has 1 aliphatic carbocycles. The molecule has 26 heavy (non-hydrogen) atoms. The van der Waals surface area contributed by atoms with Crippen LogP contribution in [0.5, 0.6) is 0 Å². The monoisotopic (exact) mass is 358 g/mol. The Morgan fingerprint density at radius 3 is 2.73 bits per heavy atom. The third-order valence-electron chi connectivity index (χ3n) is 5.57. The molecule has 0 saturated heterocycles. The molecule has 130 valence electrons. The maximum absolute atomic E-state index is 5.22. The molecule has 1 aromatic heterocycles. The van der Waals surface area contributed by atoms with Crippen molar-refractivity contribution in [2.75, 3.05) is 5.01 Å². The standard InChI is InChI=1S/C23H22N2S/c1-16-12-13-17-7-5-10-19-22(20(17)15-16)24-25(18-8-3-2-4-9-18)23(19)21-11-6-14-26-21/h2-4,6,8-9,11-15,19,23H,5,7,10H2,1H3/t19-,23+/m1/s1. The molecule has 2 aliphatic rings. The summed E-state index contributed by atoms with van der Waals surface area (Å²) in [6.07, 6.45) is 3.58. The van der Waals surface area contributed by atoms with Crippen molar-refractivity contribution in [1.29, 1.82) is 0 Å². The summed E-state index contributed by atoms with van der Waals surface area (Å²) in [6, 6.07) is 22.2. The van der Waals surface area contributed by atoms with Gasteiger partial charge in [-0.25, -0.2) is 0 Å². The first kappa shape index (κ1) is 15.8. The Kier molecular flexibility index (Phi) is 3.90. The molecule has 0 N–H and O–H groups in total. The number of para-hydroxylation sites is 1. The summed E-state index contributed by atoms with van der Waals surface area (Å²) in [6.45, 7) is 2.18. The first-order chi connectivity index (χ1) is 12.8. The van der Waals surface area contributed by atoms with E-state index in [0.29, 0.717) is 12.0 Å². The predicted molar refractivity (Wildman–Crippen MR) is 110 cm³/mol. The van der Waals surface area contributed by atoms with E-state index in [9.17, 15) is 0 Å². The van der Waals surface area contributed by atoms with Crippen molar-refractivity contribution in [2.45, 2.75) is 32.2 Å². The molecule has 3 heteroatoms. The van der Waals surface area contributed by atoms with Gasteiger partial charge < -0.3 is 0 Å². The van der Waals surface area contributed by atoms with Crippen LogP contribution < -0.4 is 5.01 Å². The maximum atomic E-state index is 5.22. The lowest BCUT2D eigenvalue weighted by atomic mass is 9.87. The van der Waals surface area contributed by atoms with Crippen molar-refractivity contribution < 1.29 is 0 Å². The summed E-state index contributed by atoms with van der Waals surface area (Å²) in [7, 11) is 0. The van der Waals surface area contributed by atoms with Crippen LogP contribution >= 0.6 is 11.3 Å². The highest BCUT2D eigenvalue weighted by Gasteiger charge is 2.41. The van der Waals surface area contributed by atoms with Gasteiger partial charge in [0.05, 0.1) is 17.4 Å². The van der Waals surface area contributed by atoms with Crippen LogP contribution in [0.4, 0.5) is 5.69 Å². The van der Waals surface area contributed by atoms with E-state index in [1.807, 2.05) is 11.3 Å². The number of hydrazone groups is 1. The second-order valence-electron chi connectivity index (χ2n) is 7.28. The van der Waals surface area contributed by atoms with Gasteiger partial charge >= 0.3 is 0 Å². The highest BCUT2D eigenvalue weighted by atomic mass is 32.1. The molecule has 0 amide bonds. The smallest absolute Gasteiger partial charge is 0.0951 e. The first-order valence-electron chi connectivity index (χ1n) is 9.37. The van der Waals surface area contributed by atoms with Crippen LogP contribution in [-0.2, 0) is 6.42 Å².